The molecule has 0 bridgehead atoms. The first kappa shape index (κ1) is 19.5. The van der Waals surface area contributed by atoms with Crippen molar-refractivity contribution in [1.29, 1.82) is 0 Å². The maximum absolute atomic E-state index is 13.0. The molecule has 144 valence electrons. The molecule has 5 heteroatoms. The quantitative estimate of drug-likeness (QED) is 0.731. The summed E-state index contributed by atoms with van der Waals surface area (Å²) < 4.78 is 0. The normalized spacial score (nSPS) is 16.2. The number of rotatable bonds is 7. The van der Waals surface area contributed by atoms with E-state index in [0.29, 0.717) is 17.7 Å². The Morgan fingerprint density at radius 2 is 1.48 bits per heavy atom. The lowest BCUT2D eigenvalue weighted by atomic mass is 9.85. The third kappa shape index (κ3) is 4.75. The highest BCUT2D eigenvalue weighted by molar-refractivity contribution is 5.90. The Hall–Kier alpha value is -2.21. The molecule has 2 N–H and O–H groups in total. The molecule has 1 aliphatic heterocycles. The van der Waals surface area contributed by atoms with E-state index in [-0.39, 0.29) is 5.91 Å². The van der Waals surface area contributed by atoms with Gasteiger partial charge in [-0.2, -0.15) is 0 Å². The van der Waals surface area contributed by atoms with Crippen LogP contribution in [0.15, 0.2) is 60.7 Å². The zero-order valence-corrected chi connectivity index (χ0v) is 16.0. The van der Waals surface area contributed by atoms with E-state index in [9.17, 15) is 9.90 Å². The Bertz CT molecular complexity index is 673. The van der Waals surface area contributed by atoms with Gasteiger partial charge in [0.1, 0.15) is 0 Å². The van der Waals surface area contributed by atoms with E-state index in [2.05, 4.69) is 22.2 Å². The molecule has 0 atom stereocenters. The van der Waals surface area contributed by atoms with Crippen LogP contribution in [0.3, 0.4) is 0 Å². The molecule has 1 aliphatic rings. The van der Waals surface area contributed by atoms with Crippen molar-refractivity contribution < 1.29 is 9.90 Å². The van der Waals surface area contributed by atoms with Crippen molar-refractivity contribution in [1.82, 2.24) is 15.1 Å². The summed E-state index contributed by atoms with van der Waals surface area (Å²) in [5.41, 5.74) is -0.531. The molecule has 0 aromatic heterocycles. The molecule has 0 radical (unpaired) electrons. The zero-order chi connectivity index (χ0) is 19.1. The number of likely N-dealkylation sites (N-methyl/N-ethyl adjacent to an activating group) is 1. The lowest BCUT2D eigenvalue weighted by Crippen LogP contribution is -2.47. The van der Waals surface area contributed by atoms with E-state index < -0.39 is 5.60 Å². The molecule has 27 heavy (non-hydrogen) atoms. The second-order valence-corrected chi connectivity index (χ2v) is 7.20. The Morgan fingerprint density at radius 3 is 2.00 bits per heavy atom. The van der Waals surface area contributed by atoms with Gasteiger partial charge < -0.3 is 20.2 Å². The third-order valence-corrected chi connectivity index (χ3v) is 5.24. The van der Waals surface area contributed by atoms with Crippen LogP contribution in [0.1, 0.15) is 17.5 Å². The van der Waals surface area contributed by atoms with Crippen molar-refractivity contribution >= 4 is 5.91 Å². The SMILES string of the molecule is CN1CCN(CCCNC(=O)C(O)(c2ccccc2)c2ccccc2)CC1. The first-order chi connectivity index (χ1) is 13.1. The summed E-state index contributed by atoms with van der Waals surface area (Å²) in [6.45, 7) is 5.84. The van der Waals surface area contributed by atoms with Gasteiger partial charge in [0.2, 0.25) is 0 Å². The standard InChI is InChI=1S/C22H29N3O2/c1-24-15-17-25(18-16-24)14-8-13-23-21(26)22(27,19-9-4-2-5-10-19)20-11-6-3-7-12-20/h2-7,9-12,27H,8,13-18H2,1H3,(H,23,26). The number of hydrogen-bond acceptors (Lipinski definition) is 4. The number of piperazine rings is 1. The number of aliphatic hydroxyl groups is 1. The first-order valence-electron chi connectivity index (χ1n) is 9.63. The van der Waals surface area contributed by atoms with Crippen LogP contribution in [0.25, 0.3) is 0 Å². The molecular formula is C22H29N3O2. The Labute approximate surface area is 161 Å². The molecule has 1 heterocycles. The maximum Gasteiger partial charge on any atom is 0.261 e. The average Bonchev–Trinajstić information content (AvgIpc) is 2.73. The minimum absolute atomic E-state index is 0.377. The predicted molar refractivity (Wildman–Crippen MR) is 107 cm³/mol. The van der Waals surface area contributed by atoms with Gasteiger partial charge in [-0.1, -0.05) is 60.7 Å². The number of carbonyl (C=O) groups is 1. The molecule has 0 aliphatic carbocycles. The van der Waals surface area contributed by atoms with Gasteiger partial charge in [0, 0.05) is 32.7 Å². The van der Waals surface area contributed by atoms with Crippen LogP contribution in [-0.4, -0.2) is 67.1 Å². The summed E-state index contributed by atoms with van der Waals surface area (Å²) in [5, 5.41) is 14.3. The smallest absolute Gasteiger partial charge is 0.261 e. The molecule has 0 unspecified atom stereocenters. The van der Waals surface area contributed by atoms with Crippen LogP contribution in [-0.2, 0) is 10.4 Å². The average molecular weight is 367 g/mol. The van der Waals surface area contributed by atoms with E-state index in [0.717, 1.165) is 39.1 Å². The van der Waals surface area contributed by atoms with Crippen LogP contribution in [0, 0.1) is 0 Å². The molecule has 5 nitrogen and oxygen atoms in total. The molecule has 0 spiro atoms. The molecule has 1 amide bonds. The van der Waals surface area contributed by atoms with Crippen LogP contribution < -0.4 is 5.32 Å². The second kappa shape index (κ2) is 9.13. The fourth-order valence-electron chi connectivity index (χ4n) is 3.49. The predicted octanol–water partition coefficient (Wildman–Crippen LogP) is 1.68. The monoisotopic (exact) mass is 367 g/mol. The molecular weight excluding hydrogens is 338 g/mol. The largest absolute Gasteiger partial charge is 0.372 e. The number of nitrogens with zero attached hydrogens (tertiary/aromatic N) is 2. The Morgan fingerprint density at radius 1 is 0.963 bits per heavy atom. The lowest BCUT2D eigenvalue weighted by molar-refractivity contribution is -0.136. The molecule has 0 saturated carbocycles. The van der Waals surface area contributed by atoms with Crippen LogP contribution in [0.5, 0.6) is 0 Å². The number of carbonyl (C=O) groups excluding carboxylic acids is 1. The van der Waals surface area contributed by atoms with Gasteiger partial charge in [-0.15, -0.1) is 0 Å². The van der Waals surface area contributed by atoms with Gasteiger partial charge in [-0.05, 0) is 31.1 Å². The topological polar surface area (TPSA) is 55.8 Å². The zero-order valence-electron chi connectivity index (χ0n) is 16.0. The highest BCUT2D eigenvalue weighted by Crippen LogP contribution is 2.29. The summed E-state index contributed by atoms with van der Waals surface area (Å²) in [5.74, 6) is -0.377. The fourth-order valence-corrected chi connectivity index (χ4v) is 3.49. The highest BCUT2D eigenvalue weighted by Gasteiger charge is 2.39. The molecule has 1 saturated heterocycles. The van der Waals surface area contributed by atoms with Crippen molar-refractivity contribution in [2.24, 2.45) is 0 Å². The fraction of sp³-hybridized carbons (Fsp3) is 0.409. The summed E-state index contributed by atoms with van der Waals surface area (Å²) in [7, 11) is 2.14. The summed E-state index contributed by atoms with van der Waals surface area (Å²) >= 11 is 0. The molecule has 1 fully saturated rings. The van der Waals surface area contributed by atoms with Crippen molar-refractivity contribution in [2.75, 3.05) is 46.3 Å². The van der Waals surface area contributed by atoms with Gasteiger partial charge in [-0.25, -0.2) is 0 Å². The van der Waals surface area contributed by atoms with Gasteiger partial charge in [-0.3, -0.25) is 4.79 Å². The van der Waals surface area contributed by atoms with Crippen molar-refractivity contribution in [3.8, 4) is 0 Å². The molecule has 2 aromatic carbocycles. The summed E-state index contributed by atoms with van der Waals surface area (Å²) in [4.78, 5) is 17.7. The van der Waals surface area contributed by atoms with Crippen LogP contribution in [0.4, 0.5) is 0 Å². The Kier molecular flexibility index (Phi) is 6.61. The van der Waals surface area contributed by atoms with E-state index in [1.807, 2.05) is 36.4 Å². The number of hydrogen-bond donors (Lipinski definition) is 2. The minimum Gasteiger partial charge on any atom is -0.372 e. The van der Waals surface area contributed by atoms with E-state index in [1.165, 1.54) is 0 Å². The molecule has 3 rings (SSSR count). The minimum atomic E-state index is -1.68. The number of amides is 1. The van der Waals surface area contributed by atoms with Crippen LogP contribution in [0.2, 0.25) is 0 Å². The first-order valence-corrected chi connectivity index (χ1v) is 9.63. The second-order valence-electron chi connectivity index (χ2n) is 7.20. The van der Waals surface area contributed by atoms with Crippen LogP contribution >= 0.6 is 0 Å². The number of nitrogens with one attached hydrogen (secondary N) is 1. The van der Waals surface area contributed by atoms with Crippen molar-refractivity contribution in [2.45, 2.75) is 12.0 Å². The van der Waals surface area contributed by atoms with Gasteiger partial charge in [0.25, 0.3) is 5.91 Å². The Balaban J connectivity index is 1.62. The molecule has 2 aromatic rings. The lowest BCUT2D eigenvalue weighted by Gasteiger charge is -2.32. The number of benzene rings is 2. The van der Waals surface area contributed by atoms with E-state index in [4.69, 9.17) is 0 Å². The summed E-state index contributed by atoms with van der Waals surface area (Å²) in [6, 6.07) is 18.3. The van der Waals surface area contributed by atoms with E-state index in [1.54, 1.807) is 24.3 Å². The van der Waals surface area contributed by atoms with Crippen molar-refractivity contribution in [3.63, 3.8) is 0 Å². The third-order valence-electron chi connectivity index (χ3n) is 5.24. The summed E-state index contributed by atoms with van der Waals surface area (Å²) in [6.07, 6.45) is 0.870. The maximum atomic E-state index is 13.0. The van der Waals surface area contributed by atoms with Gasteiger partial charge in [0.05, 0.1) is 0 Å². The highest BCUT2D eigenvalue weighted by atomic mass is 16.3. The van der Waals surface area contributed by atoms with Crippen molar-refractivity contribution in [3.05, 3.63) is 71.8 Å². The van der Waals surface area contributed by atoms with Gasteiger partial charge >= 0.3 is 0 Å². The van der Waals surface area contributed by atoms with Gasteiger partial charge in [0.15, 0.2) is 5.60 Å². The van der Waals surface area contributed by atoms with E-state index >= 15 is 0 Å².